The van der Waals surface area contributed by atoms with Gasteiger partial charge in [-0.05, 0) is 53.9 Å². The molecule has 0 spiro atoms. The van der Waals surface area contributed by atoms with Crippen molar-refractivity contribution in [1.82, 2.24) is 4.90 Å². The SMILES string of the molecule is C=C(CN(C)C(=O)OC(C)(C)C)B1OC(C)(C)C(C)(C)O1. The van der Waals surface area contributed by atoms with Crippen LogP contribution in [-0.2, 0) is 14.0 Å². The van der Waals surface area contributed by atoms with Gasteiger partial charge in [0.05, 0.1) is 11.2 Å². The molecule has 1 heterocycles. The van der Waals surface area contributed by atoms with Crippen molar-refractivity contribution in [3.8, 4) is 0 Å². The molecule has 0 N–H and O–H groups in total. The molecule has 120 valence electrons. The van der Waals surface area contributed by atoms with Crippen LogP contribution in [0.2, 0.25) is 0 Å². The first kappa shape index (κ1) is 18.0. The van der Waals surface area contributed by atoms with Gasteiger partial charge in [-0.1, -0.05) is 0 Å². The van der Waals surface area contributed by atoms with Crippen LogP contribution in [0.3, 0.4) is 0 Å². The van der Waals surface area contributed by atoms with E-state index in [9.17, 15) is 4.79 Å². The summed E-state index contributed by atoms with van der Waals surface area (Å²) in [5, 5.41) is 0. The van der Waals surface area contributed by atoms with Crippen LogP contribution in [0.25, 0.3) is 0 Å². The normalized spacial score (nSPS) is 20.3. The number of carbonyl (C=O) groups excluding carboxylic acids is 1. The molecule has 0 aliphatic carbocycles. The van der Waals surface area contributed by atoms with Crippen molar-refractivity contribution in [1.29, 1.82) is 0 Å². The Balaban J connectivity index is 2.61. The molecule has 1 saturated heterocycles. The molecule has 0 unspecified atom stereocenters. The molecule has 0 bridgehead atoms. The standard InChI is InChI=1S/C15H28BNO4/c1-11(10-17(9)12(18)19-13(2,3)4)16-20-14(5,6)15(7,8)21-16/h1,10H2,2-9H3. The second-order valence-corrected chi connectivity index (χ2v) is 7.58. The van der Waals surface area contributed by atoms with Gasteiger partial charge >= 0.3 is 13.2 Å². The zero-order chi connectivity index (χ0) is 16.6. The van der Waals surface area contributed by atoms with Crippen molar-refractivity contribution >= 4 is 13.2 Å². The lowest BCUT2D eigenvalue weighted by molar-refractivity contribution is 0.00578. The fourth-order valence-corrected chi connectivity index (χ4v) is 1.79. The molecule has 1 aliphatic rings. The highest BCUT2D eigenvalue weighted by Gasteiger charge is 2.52. The van der Waals surface area contributed by atoms with E-state index in [0.29, 0.717) is 12.0 Å². The summed E-state index contributed by atoms with van der Waals surface area (Å²) < 4.78 is 17.1. The molecule has 0 aromatic carbocycles. The minimum absolute atomic E-state index is 0.325. The Hall–Kier alpha value is -1.01. The van der Waals surface area contributed by atoms with E-state index in [1.54, 1.807) is 7.05 Å². The number of nitrogens with zero attached hydrogens (tertiary/aromatic N) is 1. The Morgan fingerprint density at radius 2 is 1.62 bits per heavy atom. The zero-order valence-electron chi connectivity index (χ0n) is 14.6. The third kappa shape index (κ3) is 4.48. The smallest absolute Gasteiger partial charge is 0.444 e. The second-order valence-electron chi connectivity index (χ2n) is 7.58. The van der Waals surface area contributed by atoms with Crippen LogP contribution in [0.4, 0.5) is 4.79 Å². The van der Waals surface area contributed by atoms with Gasteiger partial charge in [-0.2, -0.15) is 0 Å². The Kier molecular flexibility index (Phi) is 4.85. The molecule has 1 amide bonds. The van der Waals surface area contributed by atoms with Gasteiger partial charge in [0.2, 0.25) is 0 Å². The number of amides is 1. The summed E-state index contributed by atoms with van der Waals surface area (Å²) in [5.41, 5.74) is -0.644. The maximum absolute atomic E-state index is 11.9. The molecule has 6 heteroatoms. The first-order valence-corrected chi connectivity index (χ1v) is 7.22. The van der Waals surface area contributed by atoms with Crippen molar-refractivity contribution in [3.05, 3.63) is 12.1 Å². The van der Waals surface area contributed by atoms with E-state index in [1.807, 2.05) is 48.5 Å². The van der Waals surface area contributed by atoms with E-state index in [2.05, 4.69) is 6.58 Å². The van der Waals surface area contributed by atoms with Crippen molar-refractivity contribution in [2.75, 3.05) is 13.6 Å². The minimum Gasteiger partial charge on any atom is -0.444 e. The maximum Gasteiger partial charge on any atom is 0.491 e. The van der Waals surface area contributed by atoms with Gasteiger partial charge in [0, 0.05) is 13.6 Å². The van der Waals surface area contributed by atoms with E-state index >= 15 is 0 Å². The monoisotopic (exact) mass is 297 g/mol. The fourth-order valence-electron chi connectivity index (χ4n) is 1.79. The zero-order valence-corrected chi connectivity index (χ0v) is 14.6. The van der Waals surface area contributed by atoms with Crippen LogP contribution in [0, 0.1) is 0 Å². The summed E-state index contributed by atoms with van der Waals surface area (Å²) in [5.74, 6) is 0. The molecule has 1 aliphatic heterocycles. The van der Waals surface area contributed by atoms with Gasteiger partial charge in [0.25, 0.3) is 0 Å². The lowest BCUT2D eigenvalue weighted by Crippen LogP contribution is -2.41. The lowest BCUT2D eigenvalue weighted by atomic mass is 9.79. The van der Waals surface area contributed by atoms with Gasteiger partial charge in [-0.3, -0.25) is 0 Å². The highest BCUT2D eigenvalue weighted by molar-refractivity contribution is 6.54. The Bertz CT molecular complexity index is 410. The Labute approximate surface area is 128 Å². The average Bonchev–Trinajstić information content (AvgIpc) is 2.45. The summed E-state index contributed by atoms with van der Waals surface area (Å²) in [4.78, 5) is 13.4. The van der Waals surface area contributed by atoms with E-state index in [0.717, 1.165) is 0 Å². The number of carbonyl (C=O) groups is 1. The molecular weight excluding hydrogens is 269 g/mol. The molecular formula is C15H28BNO4. The molecule has 1 rings (SSSR count). The van der Waals surface area contributed by atoms with Gasteiger partial charge in [-0.25, -0.2) is 4.79 Å². The minimum atomic E-state index is -0.517. The lowest BCUT2D eigenvalue weighted by Gasteiger charge is -2.32. The van der Waals surface area contributed by atoms with Crippen molar-refractivity contribution in [3.63, 3.8) is 0 Å². The van der Waals surface area contributed by atoms with E-state index in [-0.39, 0.29) is 6.09 Å². The van der Waals surface area contributed by atoms with Crippen LogP contribution in [0.1, 0.15) is 48.5 Å². The molecule has 0 aromatic heterocycles. The predicted octanol–water partition coefficient (Wildman–Crippen LogP) is 3.04. The maximum atomic E-state index is 11.9. The van der Waals surface area contributed by atoms with Gasteiger partial charge in [0.1, 0.15) is 5.60 Å². The topological polar surface area (TPSA) is 48.0 Å². The molecule has 0 atom stereocenters. The van der Waals surface area contributed by atoms with Gasteiger partial charge in [0.15, 0.2) is 0 Å². The molecule has 0 aromatic rings. The number of ether oxygens (including phenoxy) is 1. The molecule has 5 nitrogen and oxygen atoms in total. The van der Waals surface area contributed by atoms with Crippen molar-refractivity contribution < 1.29 is 18.8 Å². The molecule has 0 radical (unpaired) electrons. The van der Waals surface area contributed by atoms with Crippen LogP contribution in [0.15, 0.2) is 12.1 Å². The van der Waals surface area contributed by atoms with Crippen molar-refractivity contribution in [2.45, 2.75) is 65.3 Å². The number of hydrogen-bond donors (Lipinski definition) is 0. The van der Waals surface area contributed by atoms with E-state index < -0.39 is 23.9 Å². The third-order valence-corrected chi connectivity index (χ3v) is 3.73. The van der Waals surface area contributed by atoms with Gasteiger partial charge < -0.3 is 18.9 Å². The van der Waals surface area contributed by atoms with Crippen LogP contribution < -0.4 is 0 Å². The fraction of sp³-hybridized carbons (Fsp3) is 0.800. The predicted molar refractivity (Wildman–Crippen MR) is 84.1 cm³/mol. The summed E-state index contributed by atoms with van der Waals surface area (Å²) in [6, 6.07) is 0. The van der Waals surface area contributed by atoms with Gasteiger partial charge in [-0.15, -0.1) is 6.58 Å². The summed E-state index contributed by atoms with van der Waals surface area (Å²) in [7, 11) is 1.16. The van der Waals surface area contributed by atoms with Crippen LogP contribution in [-0.4, -0.2) is 48.5 Å². The average molecular weight is 297 g/mol. The van der Waals surface area contributed by atoms with E-state index in [4.69, 9.17) is 14.0 Å². The summed E-state index contributed by atoms with van der Waals surface area (Å²) >= 11 is 0. The van der Waals surface area contributed by atoms with Crippen molar-refractivity contribution in [2.24, 2.45) is 0 Å². The number of hydrogen-bond acceptors (Lipinski definition) is 4. The van der Waals surface area contributed by atoms with Crippen LogP contribution in [0.5, 0.6) is 0 Å². The first-order valence-electron chi connectivity index (χ1n) is 7.22. The highest BCUT2D eigenvalue weighted by atomic mass is 16.7. The number of rotatable bonds is 3. The quantitative estimate of drug-likeness (QED) is 0.751. The molecule has 1 fully saturated rings. The Morgan fingerprint density at radius 3 is 2.00 bits per heavy atom. The number of likely N-dealkylation sites (N-methyl/N-ethyl adjacent to an activating group) is 1. The molecule has 0 saturated carbocycles. The third-order valence-electron chi connectivity index (χ3n) is 3.73. The summed E-state index contributed by atoms with van der Waals surface area (Å²) in [6.07, 6.45) is -0.389. The van der Waals surface area contributed by atoms with Crippen LogP contribution >= 0.6 is 0 Å². The summed E-state index contributed by atoms with van der Waals surface area (Å²) in [6.45, 7) is 17.8. The molecule has 21 heavy (non-hydrogen) atoms. The Morgan fingerprint density at radius 1 is 1.19 bits per heavy atom. The largest absolute Gasteiger partial charge is 0.491 e. The van der Waals surface area contributed by atoms with E-state index in [1.165, 1.54) is 4.90 Å². The first-order chi connectivity index (χ1) is 9.25. The highest BCUT2D eigenvalue weighted by Crippen LogP contribution is 2.38. The second kappa shape index (κ2) is 5.65.